The van der Waals surface area contributed by atoms with Crippen LogP contribution in [0.5, 0.6) is 5.75 Å². The number of hydrogen-bond acceptors (Lipinski definition) is 6. The molecule has 5 rings (SSSR count). The summed E-state index contributed by atoms with van der Waals surface area (Å²) in [5.74, 6) is -1.66. The molecule has 8 heteroatoms. The Labute approximate surface area is 204 Å². The molecule has 2 aromatic rings. The number of benzene rings is 2. The van der Waals surface area contributed by atoms with E-state index in [1.807, 2.05) is 45.0 Å². The Morgan fingerprint density at radius 3 is 2.63 bits per heavy atom. The van der Waals surface area contributed by atoms with E-state index >= 15 is 0 Å². The van der Waals surface area contributed by atoms with Crippen LogP contribution in [0.15, 0.2) is 48.0 Å². The maximum Gasteiger partial charge on any atom is 0.296 e. The molecule has 2 atom stereocenters. The number of fused-ring (bicyclic) bond motifs is 3. The predicted octanol–water partition coefficient (Wildman–Crippen LogP) is 2.51. The van der Waals surface area contributed by atoms with Gasteiger partial charge in [0.2, 0.25) is 0 Å². The first kappa shape index (κ1) is 23.1. The molecule has 182 valence electrons. The summed E-state index contributed by atoms with van der Waals surface area (Å²) in [6, 6.07) is 12.4. The number of likely N-dealkylation sites (N-methyl/N-ethyl adjacent to an activating group) is 2. The van der Waals surface area contributed by atoms with E-state index in [4.69, 9.17) is 4.74 Å². The van der Waals surface area contributed by atoms with Crippen molar-refractivity contribution in [1.82, 2.24) is 9.80 Å². The molecule has 2 unspecified atom stereocenters. The van der Waals surface area contributed by atoms with E-state index in [2.05, 4.69) is 0 Å². The van der Waals surface area contributed by atoms with E-state index in [9.17, 15) is 19.5 Å². The van der Waals surface area contributed by atoms with Crippen molar-refractivity contribution in [2.75, 3.05) is 38.6 Å². The van der Waals surface area contributed by atoms with Gasteiger partial charge in [-0.25, -0.2) is 0 Å². The standard InChI is InChI=1S/C27H29N3O5/c1-5-29-20-9-7-6-8-19(20)27(26(29)34)22(24(32)25(33)30(27)13-12-28(3)4)23(31)17-10-11-21-18(15-17)14-16(2)35-21/h6-11,15-16,31H,5,12-14H2,1-4H3. The minimum atomic E-state index is -1.72. The zero-order valence-electron chi connectivity index (χ0n) is 20.4. The van der Waals surface area contributed by atoms with Gasteiger partial charge < -0.3 is 24.5 Å². The molecule has 3 aliphatic heterocycles. The number of Topliss-reactive ketones (excluding diaryl/α,β-unsaturated/α-hetero) is 1. The first-order valence-corrected chi connectivity index (χ1v) is 11.9. The molecule has 2 amide bonds. The van der Waals surface area contributed by atoms with Crippen molar-refractivity contribution in [3.63, 3.8) is 0 Å². The Balaban J connectivity index is 1.77. The van der Waals surface area contributed by atoms with E-state index in [-0.39, 0.29) is 24.0 Å². The van der Waals surface area contributed by atoms with Gasteiger partial charge in [-0.1, -0.05) is 18.2 Å². The molecule has 35 heavy (non-hydrogen) atoms. The third kappa shape index (κ3) is 3.20. The lowest BCUT2D eigenvalue weighted by Gasteiger charge is -2.35. The fourth-order valence-corrected chi connectivity index (χ4v) is 5.49. The van der Waals surface area contributed by atoms with Gasteiger partial charge in [0.1, 0.15) is 17.6 Å². The van der Waals surface area contributed by atoms with Gasteiger partial charge in [-0.3, -0.25) is 14.4 Å². The summed E-state index contributed by atoms with van der Waals surface area (Å²) >= 11 is 0. The first-order valence-electron chi connectivity index (χ1n) is 11.9. The molecular formula is C27H29N3O5. The first-order chi connectivity index (χ1) is 16.7. The summed E-state index contributed by atoms with van der Waals surface area (Å²) in [5.41, 5.74) is 0.561. The molecule has 1 N–H and O–H groups in total. The molecule has 0 aliphatic carbocycles. The van der Waals surface area contributed by atoms with Crippen LogP contribution in [-0.2, 0) is 26.3 Å². The second kappa shape index (κ2) is 8.23. The molecule has 3 aliphatic rings. The topological polar surface area (TPSA) is 90.4 Å². The van der Waals surface area contributed by atoms with Crippen LogP contribution in [0.4, 0.5) is 5.69 Å². The quantitative estimate of drug-likeness (QED) is 0.406. The normalized spacial score (nSPS) is 24.5. The van der Waals surface area contributed by atoms with Gasteiger partial charge in [0.25, 0.3) is 17.6 Å². The maximum atomic E-state index is 14.1. The average molecular weight is 476 g/mol. The Kier molecular flexibility index (Phi) is 5.44. The summed E-state index contributed by atoms with van der Waals surface area (Å²) in [7, 11) is 3.72. The molecule has 3 heterocycles. The minimum Gasteiger partial charge on any atom is -0.507 e. The SMILES string of the molecule is CCN1C(=O)C2(C(=C(O)c3ccc4c(c3)CC(C)O4)C(=O)C(=O)N2CCN(C)C)c2ccccc21. The summed E-state index contributed by atoms with van der Waals surface area (Å²) in [5, 5.41) is 11.6. The van der Waals surface area contributed by atoms with Crippen LogP contribution in [0, 0.1) is 0 Å². The highest BCUT2D eigenvalue weighted by Gasteiger charge is 2.66. The smallest absolute Gasteiger partial charge is 0.296 e. The number of aliphatic hydroxyl groups excluding tert-OH is 1. The fraction of sp³-hybridized carbons (Fsp3) is 0.370. The van der Waals surface area contributed by atoms with Gasteiger partial charge in [0.15, 0.2) is 5.54 Å². The van der Waals surface area contributed by atoms with Crippen LogP contribution in [-0.4, -0.2) is 72.3 Å². The van der Waals surface area contributed by atoms with E-state index < -0.39 is 23.1 Å². The van der Waals surface area contributed by atoms with Gasteiger partial charge >= 0.3 is 0 Å². The van der Waals surface area contributed by atoms with Crippen molar-refractivity contribution in [3.05, 3.63) is 64.7 Å². The number of nitrogens with zero attached hydrogens (tertiary/aromatic N) is 3. The molecule has 0 saturated carbocycles. The summed E-state index contributed by atoms with van der Waals surface area (Å²) in [4.78, 5) is 45.9. The number of aliphatic hydroxyl groups is 1. The highest BCUT2D eigenvalue weighted by atomic mass is 16.5. The molecule has 1 fully saturated rings. The number of para-hydroxylation sites is 1. The minimum absolute atomic E-state index is 0.0130. The second-order valence-corrected chi connectivity index (χ2v) is 9.54. The molecule has 1 spiro atoms. The number of anilines is 1. The van der Waals surface area contributed by atoms with Crippen LogP contribution >= 0.6 is 0 Å². The number of amides is 2. The monoisotopic (exact) mass is 475 g/mol. The van der Waals surface area contributed by atoms with Crippen molar-refractivity contribution in [2.24, 2.45) is 0 Å². The molecule has 0 bridgehead atoms. The van der Waals surface area contributed by atoms with Crippen molar-refractivity contribution in [2.45, 2.75) is 31.9 Å². The highest BCUT2D eigenvalue weighted by molar-refractivity contribution is 6.50. The van der Waals surface area contributed by atoms with Gasteiger partial charge in [-0.05, 0) is 57.8 Å². The van der Waals surface area contributed by atoms with Gasteiger partial charge in [-0.15, -0.1) is 0 Å². The van der Waals surface area contributed by atoms with E-state index in [0.29, 0.717) is 36.3 Å². The van der Waals surface area contributed by atoms with Crippen molar-refractivity contribution >= 4 is 29.0 Å². The number of ketones is 1. The molecule has 2 aromatic carbocycles. The molecule has 1 saturated heterocycles. The highest BCUT2D eigenvalue weighted by Crippen LogP contribution is 2.53. The molecular weight excluding hydrogens is 446 g/mol. The number of ether oxygens (including phenoxy) is 1. The number of likely N-dealkylation sites (tertiary alicyclic amines) is 1. The van der Waals surface area contributed by atoms with Gasteiger partial charge in [0, 0.05) is 37.2 Å². The summed E-state index contributed by atoms with van der Waals surface area (Å²) < 4.78 is 5.77. The lowest BCUT2D eigenvalue weighted by molar-refractivity contribution is -0.143. The second-order valence-electron chi connectivity index (χ2n) is 9.54. The molecule has 8 nitrogen and oxygen atoms in total. The lowest BCUT2D eigenvalue weighted by atomic mass is 9.81. The van der Waals surface area contributed by atoms with Crippen LogP contribution in [0.25, 0.3) is 5.76 Å². The number of carbonyl (C=O) groups is 3. The lowest BCUT2D eigenvalue weighted by Crippen LogP contribution is -2.53. The van der Waals surface area contributed by atoms with E-state index in [1.165, 1.54) is 4.90 Å². The predicted molar refractivity (Wildman–Crippen MR) is 131 cm³/mol. The number of hydrogen-bond donors (Lipinski definition) is 1. The van der Waals surface area contributed by atoms with Crippen molar-refractivity contribution in [1.29, 1.82) is 0 Å². The third-order valence-electron chi connectivity index (χ3n) is 7.07. The summed E-state index contributed by atoms with van der Waals surface area (Å²) in [6.45, 7) is 4.78. The van der Waals surface area contributed by atoms with Gasteiger partial charge in [0.05, 0.1) is 11.3 Å². The zero-order chi connectivity index (χ0) is 25.1. The van der Waals surface area contributed by atoms with Crippen LogP contribution in [0.3, 0.4) is 0 Å². The maximum absolute atomic E-state index is 14.1. The Morgan fingerprint density at radius 1 is 1.17 bits per heavy atom. The molecule has 0 aromatic heterocycles. The van der Waals surface area contributed by atoms with Crippen LogP contribution in [0.2, 0.25) is 0 Å². The Morgan fingerprint density at radius 2 is 1.91 bits per heavy atom. The van der Waals surface area contributed by atoms with E-state index in [1.54, 1.807) is 35.2 Å². The van der Waals surface area contributed by atoms with Crippen LogP contribution in [0.1, 0.15) is 30.5 Å². The fourth-order valence-electron chi connectivity index (χ4n) is 5.49. The third-order valence-corrected chi connectivity index (χ3v) is 7.07. The molecule has 0 radical (unpaired) electrons. The van der Waals surface area contributed by atoms with Crippen molar-refractivity contribution < 1.29 is 24.2 Å². The number of rotatable bonds is 5. The largest absolute Gasteiger partial charge is 0.507 e. The van der Waals surface area contributed by atoms with Crippen LogP contribution < -0.4 is 9.64 Å². The van der Waals surface area contributed by atoms with Gasteiger partial charge in [-0.2, -0.15) is 0 Å². The Hall–Kier alpha value is -3.65. The average Bonchev–Trinajstić information content (AvgIpc) is 3.40. The van der Waals surface area contributed by atoms with E-state index in [0.717, 1.165) is 11.3 Å². The Bertz CT molecular complexity index is 1280. The summed E-state index contributed by atoms with van der Waals surface area (Å²) in [6.07, 6.45) is 0.684. The number of carbonyl (C=O) groups excluding carboxylic acids is 3. The van der Waals surface area contributed by atoms with Crippen molar-refractivity contribution in [3.8, 4) is 5.75 Å². The zero-order valence-corrected chi connectivity index (χ0v) is 20.4.